The average Bonchev–Trinajstić information content (AvgIpc) is 2.43. The summed E-state index contributed by atoms with van der Waals surface area (Å²) in [7, 11) is 1.69. The predicted octanol–water partition coefficient (Wildman–Crippen LogP) is 0.631. The summed E-state index contributed by atoms with van der Waals surface area (Å²) in [5.74, 6) is 0.0346. The summed E-state index contributed by atoms with van der Waals surface area (Å²) in [6.07, 6.45) is 0. The second kappa shape index (κ2) is 7.37. The minimum absolute atomic E-state index is 0.134. The SMILES string of the molecule is CCN(C)C(=O)C(C)NC(=O)COc1cccc(N)c1. The van der Waals surface area contributed by atoms with Crippen molar-refractivity contribution >= 4 is 17.5 Å². The van der Waals surface area contributed by atoms with Gasteiger partial charge in [-0.25, -0.2) is 0 Å². The Morgan fingerprint density at radius 3 is 2.75 bits per heavy atom. The maximum atomic E-state index is 11.8. The zero-order chi connectivity index (χ0) is 15.1. The van der Waals surface area contributed by atoms with E-state index in [1.807, 2.05) is 6.92 Å². The highest BCUT2D eigenvalue weighted by Gasteiger charge is 2.18. The van der Waals surface area contributed by atoms with E-state index >= 15 is 0 Å². The zero-order valence-corrected chi connectivity index (χ0v) is 12.1. The van der Waals surface area contributed by atoms with Gasteiger partial charge in [0.05, 0.1) is 0 Å². The Hall–Kier alpha value is -2.24. The van der Waals surface area contributed by atoms with Crippen molar-refractivity contribution in [3.05, 3.63) is 24.3 Å². The van der Waals surface area contributed by atoms with Crippen LogP contribution in [0.25, 0.3) is 0 Å². The minimum atomic E-state index is -0.572. The fourth-order valence-corrected chi connectivity index (χ4v) is 1.58. The van der Waals surface area contributed by atoms with Gasteiger partial charge in [-0.1, -0.05) is 6.07 Å². The molecule has 0 spiro atoms. The molecule has 6 heteroatoms. The molecule has 1 rings (SSSR count). The lowest BCUT2D eigenvalue weighted by Gasteiger charge is -2.20. The molecule has 0 saturated heterocycles. The summed E-state index contributed by atoms with van der Waals surface area (Å²) in [6.45, 7) is 3.96. The largest absolute Gasteiger partial charge is 0.484 e. The van der Waals surface area contributed by atoms with Gasteiger partial charge in [-0.3, -0.25) is 9.59 Å². The van der Waals surface area contributed by atoms with Crippen molar-refractivity contribution in [2.24, 2.45) is 0 Å². The molecule has 1 unspecified atom stereocenters. The summed E-state index contributed by atoms with van der Waals surface area (Å²) in [5.41, 5.74) is 6.17. The van der Waals surface area contributed by atoms with E-state index in [4.69, 9.17) is 10.5 Å². The molecule has 0 heterocycles. The third-order valence-electron chi connectivity index (χ3n) is 2.83. The maximum absolute atomic E-state index is 11.8. The van der Waals surface area contributed by atoms with Crippen LogP contribution in [0.2, 0.25) is 0 Å². The average molecular weight is 279 g/mol. The van der Waals surface area contributed by atoms with Crippen molar-refractivity contribution in [2.45, 2.75) is 19.9 Å². The number of hydrogen-bond acceptors (Lipinski definition) is 4. The van der Waals surface area contributed by atoms with Gasteiger partial charge in [0.2, 0.25) is 5.91 Å². The molecule has 0 aliphatic carbocycles. The Morgan fingerprint density at radius 1 is 1.45 bits per heavy atom. The number of ether oxygens (including phenoxy) is 1. The maximum Gasteiger partial charge on any atom is 0.258 e. The van der Waals surface area contributed by atoms with Crippen LogP contribution in [0.3, 0.4) is 0 Å². The third-order valence-corrected chi connectivity index (χ3v) is 2.83. The van der Waals surface area contributed by atoms with Crippen LogP contribution in [0, 0.1) is 0 Å². The summed E-state index contributed by atoms with van der Waals surface area (Å²) in [6, 6.07) is 6.24. The van der Waals surface area contributed by atoms with Gasteiger partial charge in [0.25, 0.3) is 5.91 Å². The first kappa shape index (κ1) is 15.8. The smallest absolute Gasteiger partial charge is 0.258 e. The van der Waals surface area contributed by atoms with Gasteiger partial charge in [0.15, 0.2) is 6.61 Å². The van der Waals surface area contributed by atoms with Crippen molar-refractivity contribution in [2.75, 3.05) is 25.9 Å². The number of likely N-dealkylation sites (N-methyl/N-ethyl adjacent to an activating group) is 1. The van der Waals surface area contributed by atoms with Crippen LogP contribution in [0.5, 0.6) is 5.75 Å². The summed E-state index contributed by atoms with van der Waals surface area (Å²) < 4.78 is 5.30. The van der Waals surface area contributed by atoms with Crippen molar-refractivity contribution in [3.8, 4) is 5.75 Å². The van der Waals surface area contributed by atoms with E-state index < -0.39 is 6.04 Å². The topological polar surface area (TPSA) is 84.7 Å². The molecule has 0 aliphatic heterocycles. The fraction of sp³-hybridized carbons (Fsp3) is 0.429. The zero-order valence-electron chi connectivity index (χ0n) is 12.1. The van der Waals surface area contributed by atoms with E-state index in [0.29, 0.717) is 18.0 Å². The molecule has 0 bridgehead atoms. The molecule has 0 radical (unpaired) electrons. The third kappa shape index (κ3) is 4.79. The first-order valence-electron chi connectivity index (χ1n) is 6.46. The molecule has 6 nitrogen and oxygen atoms in total. The highest BCUT2D eigenvalue weighted by atomic mass is 16.5. The van der Waals surface area contributed by atoms with Gasteiger partial charge >= 0.3 is 0 Å². The highest BCUT2D eigenvalue weighted by Crippen LogP contribution is 2.13. The Morgan fingerprint density at radius 2 is 2.15 bits per heavy atom. The molecule has 0 aromatic heterocycles. The molecule has 0 saturated carbocycles. The van der Waals surface area contributed by atoms with Gasteiger partial charge in [-0.05, 0) is 26.0 Å². The molecule has 0 fully saturated rings. The fourth-order valence-electron chi connectivity index (χ4n) is 1.58. The van der Waals surface area contributed by atoms with Crippen LogP contribution >= 0.6 is 0 Å². The number of rotatable bonds is 6. The van der Waals surface area contributed by atoms with Gasteiger partial charge < -0.3 is 20.7 Å². The van der Waals surface area contributed by atoms with Gasteiger partial charge in [-0.15, -0.1) is 0 Å². The Bertz CT molecular complexity index is 476. The Labute approximate surface area is 118 Å². The number of nitrogen functional groups attached to an aromatic ring is 1. The second-order valence-electron chi connectivity index (χ2n) is 4.50. The van der Waals surface area contributed by atoms with Gasteiger partial charge in [0, 0.05) is 25.3 Å². The Kier molecular flexibility index (Phi) is 5.83. The number of nitrogens with zero attached hydrogens (tertiary/aromatic N) is 1. The number of nitrogens with two attached hydrogens (primary N) is 1. The van der Waals surface area contributed by atoms with Gasteiger partial charge in [-0.2, -0.15) is 0 Å². The second-order valence-corrected chi connectivity index (χ2v) is 4.50. The molecule has 1 atom stereocenters. The number of benzene rings is 1. The molecule has 20 heavy (non-hydrogen) atoms. The Balaban J connectivity index is 2.42. The monoisotopic (exact) mass is 279 g/mol. The van der Waals surface area contributed by atoms with Crippen molar-refractivity contribution < 1.29 is 14.3 Å². The molecule has 3 N–H and O–H groups in total. The van der Waals surface area contributed by atoms with Crippen LogP contribution in [0.15, 0.2) is 24.3 Å². The van der Waals surface area contributed by atoms with Crippen LogP contribution in [-0.4, -0.2) is 43.0 Å². The molecular formula is C14H21N3O3. The van der Waals surface area contributed by atoms with Crippen molar-refractivity contribution in [1.82, 2.24) is 10.2 Å². The van der Waals surface area contributed by atoms with Crippen LogP contribution in [0.1, 0.15) is 13.8 Å². The molecule has 1 aromatic carbocycles. The van der Waals surface area contributed by atoms with Crippen molar-refractivity contribution in [1.29, 1.82) is 0 Å². The van der Waals surface area contributed by atoms with E-state index in [0.717, 1.165) is 0 Å². The number of carbonyl (C=O) groups is 2. The van der Waals surface area contributed by atoms with E-state index in [-0.39, 0.29) is 18.4 Å². The predicted molar refractivity (Wildman–Crippen MR) is 77.3 cm³/mol. The summed E-state index contributed by atoms with van der Waals surface area (Å²) in [4.78, 5) is 25.0. The molecule has 110 valence electrons. The quantitative estimate of drug-likeness (QED) is 0.748. The first-order chi connectivity index (χ1) is 9.43. The standard InChI is InChI=1S/C14H21N3O3/c1-4-17(3)14(19)10(2)16-13(18)9-20-12-7-5-6-11(15)8-12/h5-8,10H,4,9,15H2,1-3H3,(H,16,18). The lowest BCUT2D eigenvalue weighted by Crippen LogP contribution is -2.46. The highest BCUT2D eigenvalue weighted by molar-refractivity contribution is 5.87. The van der Waals surface area contributed by atoms with Gasteiger partial charge in [0.1, 0.15) is 11.8 Å². The van der Waals surface area contributed by atoms with E-state index in [1.165, 1.54) is 0 Å². The summed E-state index contributed by atoms with van der Waals surface area (Å²) in [5, 5.41) is 2.59. The molecular weight excluding hydrogens is 258 g/mol. The number of hydrogen-bond donors (Lipinski definition) is 2. The lowest BCUT2D eigenvalue weighted by atomic mass is 10.3. The van der Waals surface area contributed by atoms with Crippen LogP contribution in [0.4, 0.5) is 5.69 Å². The molecule has 2 amide bonds. The number of amides is 2. The van der Waals surface area contributed by atoms with E-state index in [1.54, 1.807) is 43.1 Å². The molecule has 1 aromatic rings. The minimum Gasteiger partial charge on any atom is -0.484 e. The van der Waals surface area contributed by atoms with Crippen LogP contribution in [-0.2, 0) is 9.59 Å². The first-order valence-corrected chi connectivity index (χ1v) is 6.46. The normalized spacial score (nSPS) is 11.6. The summed E-state index contributed by atoms with van der Waals surface area (Å²) >= 11 is 0. The molecule has 0 aliphatic rings. The lowest BCUT2D eigenvalue weighted by molar-refractivity contribution is -0.135. The van der Waals surface area contributed by atoms with Crippen LogP contribution < -0.4 is 15.8 Å². The van der Waals surface area contributed by atoms with E-state index in [9.17, 15) is 9.59 Å². The number of carbonyl (C=O) groups excluding carboxylic acids is 2. The van der Waals surface area contributed by atoms with Crippen molar-refractivity contribution in [3.63, 3.8) is 0 Å². The van der Waals surface area contributed by atoms with E-state index in [2.05, 4.69) is 5.32 Å². The number of nitrogens with one attached hydrogen (secondary N) is 1. The number of anilines is 1.